The second kappa shape index (κ2) is 5.13. The summed E-state index contributed by atoms with van der Waals surface area (Å²) in [6.45, 7) is 3.76. The predicted molar refractivity (Wildman–Crippen MR) is 77.4 cm³/mol. The van der Waals surface area contributed by atoms with Crippen LogP contribution in [-0.4, -0.2) is 14.0 Å². The van der Waals surface area contributed by atoms with Crippen molar-refractivity contribution in [3.05, 3.63) is 23.8 Å². The van der Waals surface area contributed by atoms with Crippen molar-refractivity contribution >= 4 is 15.7 Å². The molecule has 106 valence electrons. The molecular formula is C14H22N2O2S. The number of hydrogen-bond acceptors (Lipinski definition) is 3. The van der Waals surface area contributed by atoms with Crippen LogP contribution < -0.4 is 10.5 Å². The summed E-state index contributed by atoms with van der Waals surface area (Å²) in [6, 6.07) is 5.17. The molecule has 0 radical (unpaired) electrons. The van der Waals surface area contributed by atoms with Gasteiger partial charge in [0.15, 0.2) is 0 Å². The lowest BCUT2D eigenvalue weighted by molar-refractivity contribution is 0.294. The summed E-state index contributed by atoms with van der Waals surface area (Å²) in [7, 11) is -3.55. The molecule has 0 atom stereocenters. The number of hydrogen-bond donors (Lipinski definition) is 2. The number of benzene rings is 1. The first-order valence-electron chi connectivity index (χ1n) is 6.73. The van der Waals surface area contributed by atoms with Crippen LogP contribution in [0.15, 0.2) is 23.1 Å². The zero-order valence-corrected chi connectivity index (χ0v) is 12.4. The summed E-state index contributed by atoms with van der Waals surface area (Å²) in [5, 5.41) is 0. The first-order chi connectivity index (χ1) is 8.84. The molecule has 3 N–H and O–H groups in total. The van der Waals surface area contributed by atoms with Gasteiger partial charge in [0.1, 0.15) is 4.90 Å². The second-order valence-corrected chi connectivity index (χ2v) is 7.34. The lowest BCUT2D eigenvalue weighted by Gasteiger charge is -2.34. The maximum absolute atomic E-state index is 12.6. The molecule has 1 aromatic rings. The van der Waals surface area contributed by atoms with E-state index in [1.54, 1.807) is 25.1 Å². The van der Waals surface area contributed by atoms with E-state index in [0.717, 1.165) is 25.7 Å². The maximum atomic E-state index is 12.6. The van der Waals surface area contributed by atoms with Crippen LogP contribution in [0.4, 0.5) is 5.69 Å². The van der Waals surface area contributed by atoms with Gasteiger partial charge in [-0.25, -0.2) is 13.1 Å². The van der Waals surface area contributed by atoms with Crippen LogP contribution in [-0.2, 0) is 10.0 Å². The van der Waals surface area contributed by atoms with Gasteiger partial charge in [-0.2, -0.15) is 0 Å². The molecule has 1 fully saturated rings. The highest BCUT2D eigenvalue weighted by Gasteiger charge is 2.33. The molecule has 5 heteroatoms. The Morgan fingerprint density at radius 3 is 2.42 bits per heavy atom. The Balaban J connectivity index is 2.33. The molecule has 0 bridgehead atoms. The van der Waals surface area contributed by atoms with Gasteiger partial charge < -0.3 is 5.73 Å². The fraction of sp³-hybridized carbons (Fsp3) is 0.571. The van der Waals surface area contributed by atoms with E-state index in [1.807, 2.05) is 6.92 Å². The molecule has 0 saturated heterocycles. The maximum Gasteiger partial charge on any atom is 0.243 e. The summed E-state index contributed by atoms with van der Waals surface area (Å²) in [6.07, 6.45) is 5.10. The molecule has 0 aromatic heterocycles. The van der Waals surface area contributed by atoms with Gasteiger partial charge >= 0.3 is 0 Å². The summed E-state index contributed by atoms with van der Waals surface area (Å²) < 4.78 is 28.0. The van der Waals surface area contributed by atoms with Crippen molar-refractivity contribution < 1.29 is 8.42 Å². The van der Waals surface area contributed by atoms with E-state index in [1.165, 1.54) is 6.42 Å². The lowest BCUT2D eigenvalue weighted by Crippen LogP contribution is -2.47. The molecule has 4 nitrogen and oxygen atoms in total. The predicted octanol–water partition coefficient (Wildman–Crippen LogP) is 2.58. The minimum Gasteiger partial charge on any atom is -0.398 e. The number of nitrogens with two attached hydrogens (primary N) is 1. The molecule has 0 aliphatic heterocycles. The van der Waals surface area contributed by atoms with Gasteiger partial charge in [-0.15, -0.1) is 0 Å². The highest BCUT2D eigenvalue weighted by Crippen LogP contribution is 2.31. The van der Waals surface area contributed by atoms with Crippen LogP contribution in [0.25, 0.3) is 0 Å². The quantitative estimate of drug-likeness (QED) is 0.837. The van der Waals surface area contributed by atoms with E-state index in [2.05, 4.69) is 4.72 Å². The molecule has 1 saturated carbocycles. The largest absolute Gasteiger partial charge is 0.398 e. The molecule has 0 heterocycles. The van der Waals surface area contributed by atoms with Crippen LogP contribution in [0.1, 0.15) is 44.6 Å². The molecule has 0 unspecified atom stereocenters. The zero-order chi connectivity index (χ0) is 14.1. The van der Waals surface area contributed by atoms with Crippen LogP contribution in [0, 0.1) is 6.92 Å². The summed E-state index contributed by atoms with van der Waals surface area (Å²) in [4.78, 5) is 0.224. The fourth-order valence-electron chi connectivity index (χ4n) is 2.85. The van der Waals surface area contributed by atoms with E-state index >= 15 is 0 Å². The third-order valence-electron chi connectivity index (χ3n) is 3.85. The Morgan fingerprint density at radius 2 is 1.84 bits per heavy atom. The minimum absolute atomic E-state index is 0.224. The van der Waals surface area contributed by atoms with Crippen molar-refractivity contribution in [3.8, 4) is 0 Å². The molecule has 19 heavy (non-hydrogen) atoms. The van der Waals surface area contributed by atoms with Gasteiger partial charge in [-0.3, -0.25) is 0 Å². The van der Waals surface area contributed by atoms with Crippen molar-refractivity contribution in [2.45, 2.75) is 56.4 Å². The zero-order valence-electron chi connectivity index (χ0n) is 11.6. The normalized spacial score (nSPS) is 19.3. The Hall–Kier alpha value is -1.07. The van der Waals surface area contributed by atoms with E-state index in [-0.39, 0.29) is 10.4 Å². The monoisotopic (exact) mass is 282 g/mol. The van der Waals surface area contributed by atoms with Crippen LogP contribution in [0.3, 0.4) is 0 Å². The highest BCUT2D eigenvalue weighted by atomic mass is 32.2. The van der Waals surface area contributed by atoms with Crippen molar-refractivity contribution in [2.75, 3.05) is 5.73 Å². The number of anilines is 1. The standard InChI is InChI=1S/C14H22N2O2S/c1-11-7-6-8-12(15)13(11)19(17,18)16-14(2)9-4-3-5-10-14/h6-8,16H,3-5,9-10,15H2,1-2H3. The van der Waals surface area contributed by atoms with Crippen molar-refractivity contribution in [2.24, 2.45) is 0 Å². The lowest BCUT2D eigenvalue weighted by atomic mass is 9.84. The molecule has 1 aliphatic carbocycles. The average Bonchev–Trinajstić information content (AvgIpc) is 2.27. The number of aryl methyl sites for hydroxylation is 1. The number of nitrogen functional groups attached to an aromatic ring is 1. The van der Waals surface area contributed by atoms with Crippen molar-refractivity contribution in [1.82, 2.24) is 4.72 Å². The van der Waals surface area contributed by atoms with Gasteiger partial charge in [0, 0.05) is 5.54 Å². The SMILES string of the molecule is Cc1cccc(N)c1S(=O)(=O)NC1(C)CCCCC1. The molecule has 2 rings (SSSR count). The van der Waals surface area contributed by atoms with Gasteiger partial charge in [0.25, 0.3) is 0 Å². The first-order valence-corrected chi connectivity index (χ1v) is 8.21. The molecule has 0 amide bonds. The van der Waals surface area contributed by atoms with Crippen molar-refractivity contribution in [3.63, 3.8) is 0 Å². The van der Waals surface area contributed by atoms with Gasteiger partial charge in [-0.05, 0) is 38.3 Å². The smallest absolute Gasteiger partial charge is 0.243 e. The molecule has 1 aliphatic rings. The van der Waals surface area contributed by atoms with Crippen LogP contribution >= 0.6 is 0 Å². The highest BCUT2D eigenvalue weighted by molar-refractivity contribution is 7.89. The topological polar surface area (TPSA) is 72.2 Å². The third-order valence-corrected chi connectivity index (χ3v) is 5.71. The number of rotatable bonds is 3. The number of nitrogens with one attached hydrogen (secondary N) is 1. The Labute approximate surface area is 115 Å². The molecular weight excluding hydrogens is 260 g/mol. The summed E-state index contributed by atoms with van der Waals surface area (Å²) in [5.41, 5.74) is 6.49. The molecule has 0 spiro atoms. The van der Waals surface area contributed by atoms with E-state index in [0.29, 0.717) is 11.3 Å². The van der Waals surface area contributed by atoms with E-state index in [9.17, 15) is 8.42 Å². The van der Waals surface area contributed by atoms with Crippen LogP contribution in [0.2, 0.25) is 0 Å². The molecule has 1 aromatic carbocycles. The average molecular weight is 282 g/mol. The first kappa shape index (κ1) is 14.3. The Morgan fingerprint density at radius 1 is 1.21 bits per heavy atom. The van der Waals surface area contributed by atoms with Gasteiger partial charge in [0.2, 0.25) is 10.0 Å². The summed E-state index contributed by atoms with van der Waals surface area (Å²) in [5.74, 6) is 0. The van der Waals surface area contributed by atoms with Crippen LogP contribution in [0.5, 0.6) is 0 Å². The Bertz CT molecular complexity index is 541. The Kier molecular flexibility index (Phi) is 3.87. The summed E-state index contributed by atoms with van der Waals surface area (Å²) >= 11 is 0. The van der Waals surface area contributed by atoms with Gasteiger partial charge in [0.05, 0.1) is 5.69 Å². The fourth-order valence-corrected chi connectivity index (χ4v) is 4.68. The van der Waals surface area contributed by atoms with Gasteiger partial charge in [-0.1, -0.05) is 31.4 Å². The second-order valence-electron chi connectivity index (χ2n) is 5.72. The van der Waals surface area contributed by atoms with Crippen molar-refractivity contribution in [1.29, 1.82) is 0 Å². The minimum atomic E-state index is -3.55. The van der Waals surface area contributed by atoms with E-state index in [4.69, 9.17) is 5.73 Å². The van der Waals surface area contributed by atoms with E-state index < -0.39 is 10.0 Å². The number of sulfonamides is 1. The third kappa shape index (κ3) is 3.09.